The van der Waals surface area contributed by atoms with Crippen LogP contribution in [0.4, 0.5) is 0 Å². The zero-order valence-corrected chi connectivity index (χ0v) is 17.1. The van der Waals surface area contributed by atoms with Gasteiger partial charge in [-0.05, 0) is 81.2 Å². The molecule has 1 heterocycles. The van der Waals surface area contributed by atoms with Crippen molar-refractivity contribution < 1.29 is 4.79 Å². The molecule has 4 nitrogen and oxygen atoms in total. The number of nitrogens with two attached hydrogens (primary N) is 1. The lowest BCUT2D eigenvalue weighted by molar-refractivity contribution is -0.131. The zero-order chi connectivity index (χ0) is 19.3. The number of nitrogens with zero attached hydrogens (tertiary/aromatic N) is 1. The Kier molecular flexibility index (Phi) is 4.75. The van der Waals surface area contributed by atoms with Crippen molar-refractivity contribution in [1.29, 1.82) is 0 Å². The fourth-order valence-electron chi connectivity index (χ4n) is 7.33. The van der Waals surface area contributed by atoms with Crippen molar-refractivity contribution in [3.8, 4) is 0 Å². The van der Waals surface area contributed by atoms with Crippen molar-refractivity contribution in [3.05, 3.63) is 35.9 Å². The minimum atomic E-state index is -0.0734. The Bertz CT molecular complexity index is 683. The molecule has 1 aliphatic heterocycles. The molecule has 4 bridgehead atoms. The molecule has 4 saturated carbocycles. The topological polar surface area (TPSA) is 58.4 Å². The maximum Gasteiger partial charge on any atom is 0.237 e. The fourth-order valence-corrected chi connectivity index (χ4v) is 7.33. The van der Waals surface area contributed by atoms with Crippen molar-refractivity contribution in [2.45, 2.75) is 62.9 Å². The van der Waals surface area contributed by atoms with E-state index in [1.54, 1.807) is 0 Å². The van der Waals surface area contributed by atoms with Crippen molar-refractivity contribution in [2.75, 3.05) is 19.6 Å². The van der Waals surface area contributed by atoms with Crippen LogP contribution in [0.3, 0.4) is 0 Å². The third-order valence-electron chi connectivity index (χ3n) is 8.35. The predicted molar refractivity (Wildman–Crippen MR) is 112 cm³/mol. The van der Waals surface area contributed by atoms with Gasteiger partial charge in [-0.25, -0.2) is 0 Å². The summed E-state index contributed by atoms with van der Waals surface area (Å²) in [5.74, 6) is 3.68. The summed E-state index contributed by atoms with van der Waals surface area (Å²) in [5, 5.41) is 3.58. The Labute approximate surface area is 169 Å². The summed E-state index contributed by atoms with van der Waals surface area (Å²) in [4.78, 5) is 15.6. The predicted octanol–water partition coefficient (Wildman–Crippen LogP) is 3.13. The normalized spacial score (nSPS) is 40.6. The number of amides is 1. The van der Waals surface area contributed by atoms with E-state index in [9.17, 15) is 4.79 Å². The molecule has 3 atom stereocenters. The van der Waals surface area contributed by atoms with E-state index < -0.39 is 0 Å². The average molecular weight is 382 g/mol. The first-order valence-corrected chi connectivity index (χ1v) is 11.4. The molecule has 4 heteroatoms. The molecule has 5 aliphatic rings. The number of rotatable bonds is 5. The number of hydrogen-bond donors (Lipinski definition) is 2. The third-order valence-corrected chi connectivity index (χ3v) is 8.35. The highest BCUT2D eigenvalue weighted by atomic mass is 16.2. The molecule has 6 rings (SSSR count). The quantitative estimate of drug-likeness (QED) is 0.824. The summed E-state index contributed by atoms with van der Waals surface area (Å²) in [6.07, 6.45) is 7.88. The molecule has 4 aliphatic carbocycles. The van der Waals surface area contributed by atoms with E-state index in [4.69, 9.17) is 5.73 Å². The Morgan fingerprint density at radius 2 is 1.71 bits per heavy atom. The van der Waals surface area contributed by atoms with E-state index in [0.717, 1.165) is 30.8 Å². The highest BCUT2D eigenvalue weighted by molar-refractivity contribution is 5.82. The van der Waals surface area contributed by atoms with E-state index in [0.29, 0.717) is 18.4 Å². The molecular formula is C24H35N3O. The number of likely N-dealkylation sites (tertiary alicyclic amines) is 1. The van der Waals surface area contributed by atoms with Crippen LogP contribution < -0.4 is 11.1 Å². The van der Waals surface area contributed by atoms with Gasteiger partial charge in [0.2, 0.25) is 5.91 Å². The maximum atomic E-state index is 13.3. The monoisotopic (exact) mass is 381 g/mol. The Balaban J connectivity index is 1.26. The van der Waals surface area contributed by atoms with Gasteiger partial charge in [-0.3, -0.25) is 9.69 Å². The van der Waals surface area contributed by atoms with Crippen LogP contribution in [0.2, 0.25) is 0 Å². The Morgan fingerprint density at radius 1 is 1.11 bits per heavy atom. The summed E-state index contributed by atoms with van der Waals surface area (Å²) in [6.45, 7) is 4.63. The maximum absolute atomic E-state index is 13.3. The summed E-state index contributed by atoms with van der Waals surface area (Å²) in [7, 11) is 0. The molecule has 1 amide bonds. The molecule has 3 N–H and O–H groups in total. The van der Waals surface area contributed by atoms with Crippen LogP contribution in [0.5, 0.6) is 0 Å². The number of nitrogens with one attached hydrogen (secondary N) is 1. The lowest BCUT2D eigenvalue weighted by atomic mass is 9.53. The molecule has 0 spiro atoms. The Morgan fingerprint density at radius 3 is 2.29 bits per heavy atom. The van der Waals surface area contributed by atoms with Crippen molar-refractivity contribution in [2.24, 2.45) is 29.4 Å². The summed E-state index contributed by atoms with van der Waals surface area (Å²) < 4.78 is 0. The van der Waals surface area contributed by atoms with E-state index in [-0.39, 0.29) is 17.5 Å². The lowest BCUT2D eigenvalue weighted by Crippen LogP contribution is -2.62. The van der Waals surface area contributed by atoms with Crippen LogP contribution in [-0.2, 0) is 4.79 Å². The molecule has 152 valence electrons. The van der Waals surface area contributed by atoms with Gasteiger partial charge in [0.05, 0.1) is 6.04 Å². The summed E-state index contributed by atoms with van der Waals surface area (Å²) in [5.41, 5.74) is 7.57. The Hall–Kier alpha value is -1.39. The summed E-state index contributed by atoms with van der Waals surface area (Å²) >= 11 is 0. The van der Waals surface area contributed by atoms with Crippen LogP contribution in [0.15, 0.2) is 30.3 Å². The van der Waals surface area contributed by atoms with E-state index in [1.807, 2.05) is 0 Å². The fraction of sp³-hybridized carbons (Fsp3) is 0.708. The number of carbonyl (C=O) groups excluding carboxylic acids is 1. The minimum absolute atomic E-state index is 0.0734. The number of hydrogen-bond acceptors (Lipinski definition) is 3. The van der Waals surface area contributed by atoms with Gasteiger partial charge in [-0.2, -0.15) is 0 Å². The summed E-state index contributed by atoms with van der Waals surface area (Å²) in [6, 6.07) is 10.6. The zero-order valence-electron chi connectivity index (χ0n) is 17.1. The first-order valence-electron chi connectivity index (χ1n) is 11.4. The SMILES string of the molecule is CC(C(=O)NC12CC3CC(CC(C3)C1)C2)N1C[C@@H](CN)[C@H](c2ccccc2)C1. The second-order valence-electron chi connectivity index (χ2n) is 10.3. The van der Waals surface area contributed by atoms with Crippen molar-refractivity contribution in [1.82, 2.24) is 10.2 Å². The largest absolute Gasteiger partial charge is 0.349 e. The van der Waals surface area contributed by atoms with Gasteiger partial charge in [-0.1, -0.05) is 30.3 Å². The van der Waals surface area contributed by atoms with Gasteiger partial charge in [0.25, 0.3) is 0 Å². The van der Waals surface area contributed by atoms with Gasteiger partial charge >= 0.3 is 0 Å². The number of benzene rings is 1. The number of carbonyl (C=O) groups is 1. The molecule has 0 aromatic heterocycles. The standard InChI is InChI=1S/C24H35N3O/c1-16(27-14-21(13-25)22(15-27)20-5-3-2-4-6-20)23(28)26-24-10-17-7-18(11-24)9-19(8-17)12-24/h2-6,16-19,21-22H,7-15,25H2,1H3,(H,26,28)/t16?,17?,18?,19?,21-,22+,24?/m1/s1. The van der Waals surface area contributed by atoms with Gasteiger partial charge in [0.1, 0.15) is 0 Å². The molecular weight excluding hydrogens is 346 g/mol. The first kappa shape index (κ1) is 18.6. The average Bonchev–Trinajstić information content (AvgIpc) is 3.11. The van der Waals surface area contributed by atoms with Crippen LogP contribution >= 0.6 is 0 Å². The van der Waals surface area contributed by atoms with Crippen LogP contribution in [0.25, 0.3) is 0 Å². The second kappa shape index (κ2) is 7.14. The van der Waals surface area contributed by atoms with E-state index in [2.05, 4.69) is 47.5 Å². The molecule has 5 fully saturated rings. The lowest BCUT2D eigenvalue weighted by Gasteiger charge is -2.57. The van der Waals surface area contributed by atoms with E-state index >= 15 is 0 Å². The highest BCUT2D eigenvalue weighted by Crippen LogP contribution is 2.55. The smallest absolute Gasteiger partial charge is 0.237 e. The molecule has 1 aromatic rings. The van der Waals surface area contributed by atoms with Gasteiger partial charge < -0.3 is 11.1 Å². The van der Waals surface area contributed by atoms with Crippen molar-refractivity contribution in [3.63, 3.8) is 0 Å². The molecule has 1 aromatic carbocycles. The van der Waals surface area contributed by atoms with Gasteiger partial charge in [0.15, 0.2) is 0 Å². The molecule has 1 saturated heterocycles. The van der Waals surface area contributed by atoms with Crippen LogP contribution in [0.1, 0.15) is 56.9 Å². The second-order valence-corrected chi connectivity index (χ2v) is 10.3. The van der Waals surface area contributed by atoms with E-state index in [1.165, 1.54) is 44.1 Å². The van der Waals surface area contributed by atoms with Crippen LogP contribution in [-0.4, -0.2) is 42.0 Å². The molecule has 0 radical (unpaired) electrons. The molecule has 28 heavy (non-hydrogen) atoms. The first-order chi connectivity index (χ1) is 13.5. The highest BCUT2D eigenvalue weighted by Gasteiger charge is 2.52. The third kappa shape index (κ3) is 3.29. The van der Waals surface area contributed by atoms with Crippen LogP contribution in [0, 0.1) is 23.7 Å². The van der Waals surface area contributed by atoms with Gasteiger partial charge in [-0.15, -0.1) is 0 Å². The van der Waals surface area contributed by atoms with Crippen molar-refractivity contribution >= 4 is 5.91 Å². The van der Waals surface area contributed by atoms with Gasteiger partial charge in [0, 0.05) is 24.5 Å². The molecule has 1 unspecified atom stereocenters. The minimum Gasteiger partial charge on any atom is -0.349 e.